The highest BCUT2D eigenvalue weighted by Gasteiger charge is 2.17. The van der Waals surface area contributed by atoms with Gasteiger partial charge in [-0.25, -0.2) is 0 Å². The number of carbonyl (C=O) groups excluding carboxylic acids is 1. The minimum atomic E-state index is -0.694. The Morgan fingerprint density at radius 2 is 2.05 bits per heavy atom. The number of amides is 1. The zero-order valence-electron chi connectivity index (χ0n) is 10.4. The highest BCUT2D eigenvalue weighted by Crippen LogP contribution is 2.17. The van der Waals surface area contributed by atoms with E-state index < -0.39 is 6.04 Å². The predicted octanol–water partition coefficient (Wildman–Crippen LogP) is 2.16. The maximum Gasteiger partial charge on any atom is 0.247 e. The molecule has 1 aromatic heterocycles. The number of nitrogens with zero attached hydrogens (tertiary/aromatic N) is 2. The van der Waals surface area contributed by atoms with Gasteiger partial charge < -0.3 is 5.73 Å². The largest absolute Gasteiger partial charge is 0.316 e. The van der Waals surface area contributed by atoms with E-state index in [-0.39, 0.29) is 18.3 Å². The fourth-order valence-electron chi connectivity index (χ4n) is 1.44. The monoisotopic (exact) mass is 298 g/mol. The summed E-state index contributed by atoms with van der Waals surface area (Å²) < 4.78 is 0. The Morgan fingerprint density at radius 1 is 1.37 bits per heavy atom. The van der Waals surface area contributed by atoms with E-state index in [1.54, 1.807) is 0 Å². The van der Waals surface area contributed by atoms with E-state index in [2.05, 4.69) is 15.5 Å². The van der Waals surface area contributed by atoms with Gasteiger partial charge in [0.15, 0.2) is 0 Å². The van der Waals surface area contributed by atoms with E-state index in [4.69, 9.17) is 5.73 Å². The fraction of sp³-hybridized carbons (Fsp3) is 0.250. The molecule has 0 saturated heterocycles. The van der Waals surface area contributed by atoms with Gasteiger partial charge in [-0.05, 0) is 12.0 Å². The van der Waals surface area contributed by atoms with Crippen molar-refractivity contribution in [1.82, 2.24) is 10.2 Å². The molecule has 0 fully saturated rings. The normalized spacial score (nSPS) is 11.5. The van der Waals surface area contributed by atoms with Gasteiger partial charge >= 0.3 is 0 Å². The lowest BCUT2D eigenvalue weighted by Gasteiger charge is -2.10. The van der Waals surface area contributed by atoms with Crippen LogP contribution in [0.2, 0.25) is 0 Å². The molecule has 0 aliphatic carbocycles. The van der Waals surface area contributed by atoms with Gasteiger partial charge in [0.2, 0.25) is 11.0 Å². The number of nitrogens with one attached hydrogen (secondary N) is 1. The summed E-state index contributed by atoms with van der Waals surface area (Å²) in [6.07, 6.45) is 0.804. The van der Waals surface area contributed by atoms with Gasteiger partial charge in [-0.2, -0.15) is 0 Å². The number of nitrogens with two attached hydrogens (primary N) is 1. The zero-order chi connectivity index (χ0) is 13.0. The Balaban J connectivity index is 0.00000180. The van der Waals surface area contributed by atoms with Crippen LogP contribution in [0.5, 0.6) is 0 Å². The molecule has 0 saturated carbocycles. The number of carbonyl (C=O) groups is 1. The van der Waals surface area contributed by atoms with Crippen molar-refractivity contribution in [3.8, 4) is 0 Å². The lowest BCUT2D eigenvalue weighted by Crippen LogP contribution is -2.27. The predicted molar refractivity (Wildman–Crippen MR) is 78.5 cm³/mol. The molecule has 19 heavy (non-hydrogen) atoms. The van der Waals surface area contributed by atoms with E-state index in [0.717, 1.165) is 17.0 Å². The van der Waals surface area contributed by atoms with Crippen LogP contribution < -0.4 is 11.1 Å². The quantitative estimate of drug-likeness (QED) is 0.906. The average Bonchev–Trinajstić information content (AvgIpc) is 2.86. The van der Waals surface area contributed by atoms with Crippen LogP contribution in [0.4, 0.5) is 5.13 Å². The lowest BCUT2D eigenvalue weighted by molar-refractivity contribution is -0.117. The molecule has 102 valence electrons. The first-order valence-electron chi connectivity index (χ1n) is 5.64. The van der Waals surface area contributed by atoms with E-state index >= 15 is 0 Å². The van der Waals surface area contributed by atoms with Crippen LogP contribution in [-0.2, 0) is 11.2 Å². The van der Waals surface area contributed by atoms with Gasteiger partial charge in [-0.3, -0.25) is 10.1 Å². The Hall–Kier alpha value is -1.50. The van der Waals surface area contributed by atoms with Crippen molar-refractivity contribution in [1.29, 1.82) is 0 Å². The fourth-order valence-corrected chi connectivity index (χ4v) is 2.12. The molecule has 1 atom stereocenters. The number of anilines is 1. The number of halogens is 1. The first-order chi connectivity index (χ1) is 8.70. The Labute approximate surface area is 121 Å². The van der Waals surface area contributed by atoms with Gasteiger partial charge in [0, 0.05) is 0 Å². The molecule has 0 bridgehead atoms. The maximum absolute atomic E-state index is 11.9. The van der Waals surface area contributed by atoms with Crippen LogP contribution in [0.15, 0.2) is 30.3 Å². The van der Waals surface area contributed by atoms with E-state index in [1.165, 1.54) is 11.3 Å². The summed E-state index contributed by atoms with van der Waals surface area (Å²) in [7, 11) is 0. The topological polar surface area (TPSA) is 80.9 Å². The third-order valence-electron chi connectivity index (χ3n) is 2.44. The molecule has 7 heteroatoms. The van der Waals surface area contributed by atoms with Crippen molar-refractivity contribution < 1.29 is 4.79 Å². The molecule has 0 aliphatic rings. The molecule has 2 aromatic rings. The van der Waals surface area contributed by atoms with E-state index in [1.807, 2.05) is 37.3 Å². The summed E-state index contributed by atoms with van der Waals surface area (Å²) in [4.78, 5) is 11.9. The van der Waals surface area contributed by atoms with Crippen LogP contribution in [0, 0.1) is 0 Å². The molecule has 1 aromatic carbocycles. The highest BCUT2D eigenvalue weighted by molar-refractivity contribution is 7.15. The summed E-state index contributed by atoms with van der Waals surface area (Å²) in [6, 6.07) is 8.53. The van der Waals surface area contributed by atoms with Crippen molar-refractivity contribution in [2.24, 2.45) is 5.73 Å². The molecular formula is C12H15ClN4OS. The molecule has 3 N–H and O–H groups in total. The van der Waals surface area contributed by atoms with Crippen LogP contribution in [0.25, 0.3) is 0 Å². The average molecular weight is 299 g/mol. The van der Waals surface area contributed by atoms with Gasteiger partial charge in [-0.15, -0.1) is 22.6 Å². The van der Waals surface area contributed by atoms with Crippen LogP contribution in [0.3, 0.4) is 0 Å². The van der Waals surface area contributed by atoms with Crippen LogP contribution in [0.1, 0.15) is 23.5 Å². The lowest BCUT2D eigenvalue weighted by atomic mass is 10.1. The maximum atomic E-state index is 11.9. The molecule has 0 radical (unpaired) electrons. The number of rotatable bonds is 4. The molecule has 2 rings (SSSR count). The molecule has 1 heterocycles. The number of benzene rings is 1. The van der Waals surface area contributed by atoms with Crippen molar-refractivity contribution in [2.75, 3.05) is 5.32 Å². The molecular weight excluding hydrogens is 284 g/mol. The molecule has 1 unspecified atom stereocenters. The van der Waals surface area contributed by atoms with Crippen molar-refractivity contribution in [3.05, 3.63) is 40.9 Å². The molecule has 0 aliphatic heterocycles. The second kappa shape index (κ2) is 7.18. The SMILES string of the molecule is CCc1nnc(NC(=O)C(N)c2ccccc2)s1.Cl. The smallest absolute Gasteiger partial charge is 0.247 e. The second-order valence-corrected chi connectivity index (χ2v) is 4.79. The first-order valence-corrected chi connectivity index (χ1v) is 6.46. The summed E-state index contributed by atoms with van der Waals surface area (Å²) in [5.41, 5.74) is 6.64. The Kier molecular flexibility index (Phi) is 5.88. The van der Waals surface area contributed by atoms with Crippen molar-refractivity contribution >= 4 is 34.8 Å². The van der Waals surface area contributed by atoms with E-state index in [9.17, 15) is 4.79 Å². The number of aryl methyl sites for hydroxylation is 1. The van der Waals surface area contributed by atoms with Crippen LogP contribution in [-0.4, -0.2) is 16.1 Å². The van der Waals surface area contributed by atoms with Gasteiger partial charge in [0.1, 0.15) is 11.0 Å². The molecule has 0 spiro atoms. The summed E-state index contributed by atoms with van der Waals surface area (Å²) in [5, 5.41) is 11.9. The van der Waals surface area contributed by atoms with Crippen molar-refractivity contribution in [2.45, 2.75) is 19.4 Å². The standard InChI is InChI=1S/C12H14N4OS.ClH/c1-2-9-15-16-12(18-9)14-11(17)10(13)8-6-4-3-5-7-8;/h3-7,10H,2,13H2,1H3,(H,14,16,17);1H. The number of hydrogen-bond acceptors (Lipinski definition) is 5. The minimum Gasteiger partial charge on any atom is -0.316 e. The molecule has 5 nitrogen and oxygen atoms in total. The Bertz CT molecular complexity index is 532. The number of hydrogen-bond donors (Lipinski definition) is 2. The third kappa shape index (κ3) is 3.99. The summed E-state index contributed by atoms with van der Waals surface area (Å²) >= 11 is 1.36. The Morgan fingerprint density at radius 3 is 2.63 bits per heavy atom. The number of aromatic nitrogens is 2. The van der Waals surface area contributed by atoms with Gasteiger partial charge in [0.25, 0.3) is 0 Å². The van der Waals surface area contributed by atoms with Crippen LogP contribution >= 0.6 is 23.7 Å². The van der Waals surface area contributed by atoms with Gasteiger partial charge in [-0.1, -0.05) is 48.6 Å². The second-order valence-electron chi connectivity index (χ2n) is 3.73. The van der Waals surface area contributed by atoms with E-state index in [0.29, 0.717) is 5.13 Å². The van der Waals surface area contributed by atoms with Crippen molar-refractivity contribution in [3.63, 3.8) is 0 Å². The zero-order valence-corrected chi connectivity index (χ0v) is 12.0. The minimum absolute atomic E-state index is 0. The summed E-state index contributed by atoms with van der Waals surface area (Å²) in [5.74, 6) is -0.278. The first kappa shape index (κ1) is 15.6. The highest BCUT2D eigenvalue weighted by atomic mass is 35.5. The molecule has 1 amide bonds. The van der Waals surface area contributed by atoms with Gasteiger partial charge in [0.05, 0.1) is 0 Å². The summed E-state index contributed by atoms with van der Waals surface area (Å²) in [6.45, 7) is 1.99. The third-order valence-corrected chi connectivity index (χ3v) is 3.42.